The van der Waals surface area contributed by atoms with Crippen molar-refractivity contribution in [1.29, 1.82) is 0 Å². The Morgan fingerprint density at radius 1 is 1.48 bits per heavy atom. The molecule has 23 heavy (non-hydrogen) atoms. The summed E-state index contributed by atoms with van der Waals surface area (Å²) in [6, 6.07) is 7.25. The summed E-state index contributed by atoms with van der Waals surface area (Å²) in [7, 11) is 0. The second-order valence-electron chi connectivity index (χ2n) is 6.51. The van der Waals surface area contributed by atoms with Gasteiger partial charge in [0.15, 0.2) is 0 Å². The second-order valence-corrected chi connectivity index (χ2v) is 6.51. The van der Waals surface area contributed by atoms with Crippen LogP contribution in [0.3, 0.4) is 0 Å². The predicted octanol–water partition coefficient (Wildman–Crippen LogP) is 2.35. The number of amides is 1. The zero-order valence-electron chi connectivity index (χ0n) is 14.1. The van der Waals surface area contributed by atoms with Crippen molar-refractivity contribution in [2.24, 2.45) is 11.7 Å². The first kappa shape index (κ1) is 17.8. The van der Waals surface area contributed by atoms with Crippen molar-refractivity contribution in [3.8, 4) is 5.75 Å². The topological polar surface area (TPSA) is 73.6 Å². The highest BCUT2D eigenvalue weighted by atomic mass is 16.5. The quantitative estimate of drug-likeness (QED) is 0.771. The molecule has 3 N–H and O–H groups in total. The van der Waals surface area contributed by atoms with Crippen molar-refractivity contribution >= 4 is 5.91 Å². The molecular formula is C18H28N2O3. The SMILES string of the molecule is CC(C)CC(CN)NC(=O)c1cccc(OCC2CCCO2)c1. The van der Waals surface area contributed by atoms with Crippen molar-refractivity contribution in [2.45, 2.75) is 45.3 Å². The van der Waals surface area contributed by atoms with Gasteiger partial charge in [-0.1, -0.05) is 19.9 Å². The molecule has 1 aliphatic heterocycles. The maximum atomic E-state index is 12.4. The Kier molecular flexibility index (Phi) is 6.86. The van der Waals surface area contributed by atoms with E-state index in [1.807, 2.05) is 12.1 Å². The minimum atomic E-state index is -0.108. The Morgan fingerprint density at radius 3 is 2.96 bits per heavy atom. The molecule has 2 rings (SSSR count). The molecular weight excluding hydrogens is 292 g/mol. The van der Waals surface area contributed by atoms with Gasteiger partial charge in [0, 0.05) is 24.8 Å². The van der Waals surface area contributed by atoms with Gasteiger partial charge in [0.1, 0.15) is 12.4 Å². The van der Waals surface area contributed by atoms with Crippen molar-refractivity contribution in [3.63, 3.8) is 0 Å². The van der Waals surface area contributed by atoms with Gasteiger partial charge in [-0.3, -0.25) is 4.79 Å². The number of carbonyl (C=O) groups is 1. The molecule has 1 aromatic carbocycles. The summed E-state index contributed by atoms with van der Waals surface area (Å²) in [5, 5.41) is 2.99. The average molecular weight is 320 g/mol. The zero-order chi connectivity index (χ0) is 16.7. The molecule has 1 heterocycles. The van der Waals surface area contributed by atoms with Crippen LogP contribution in [0.4, 0.5) is 0 Å². The fourth-order valence-electron chi connectivity index (χ4n) is 2.74. The normalized spacial score (nSPS) is 18.9. The summed E-state index contributed by atoms with van der Waals surface area (Å²) < 4.78 is 11.3. The Morgan fingerprint density at radius 2 is 2.30 bits per heavy atom. The molecule has 1 fully saturated rings. The monoisotopic (exact) mass is 320 g/mol. The third-order valence-electron chi connectivity index (χ3n) is 3.93. The molecule has 0 aliphatic carbocycles. The molecule has 1 aromatic rings. The van der Waals surface area contributed by atoms with Crippen LogP contribution in [0.2, 0.25) is 0 Å². The number of nitrogens with two attached hydrogens (primary N) is 1. The van der Waals surface area contributed by atoms with Gasteiger partial charge < -0.3 is 20.5 Å². The van der Waals surface area contributed by atoms with Gasteiger partial charge in [-0.15, -0.1) is 0 Å². The lowest BCUT2D eigenvalue weighted by Crippen LogP contribution is -2.41. The molecule has 0 saturated carbocycles. The van der Waals surface area contributed by atoms with Crippen LogP contribution in [0.15, 0.2) is 24.3 Å². The first-order valence-electron chi connectivity index (χ1n) is 8.44. The van der Waals surface area contributed by atoms with Gasteiger partial charge in [0.05, 0.1) is 6.10 Å². The van der Waals surface area contributed by atoms with Gasteiger partial charge in [0.2, 0.25) is 0 Å². The van der Waals surface area contributed by atoms with Gasteiger partial charge in [-0.05, 0) is 43.4 Å². The van der Waals surface area contributed by atoms with Crippen LogP contribution in [-0.2, 0) is 4.74 Å². The van der Waals surface area contributed by atoms with Crippen molar-refractivity contribution in [3.05, 3.63) is 29.8 Å². The minimum absolute atomic E-state index is 0.000960. The van der Waals surface area contributed by atoms with Crippen molar-refractivity contribution in [2.75, 3.05) is 19.8 Å². The summed E-state index contributed by atoms with van der Waals surface area (Å²) >= 11 is 0. The summed E-state index contributed by atoms with van der Waals surface area (Å²) in [5.41, 5.74) is 6.34. The number of carbonyl (C=O) groups excluding carboxylic acids is 1. The third kappa shape index (κ3) is 5.84. The van der Waals surface area contributed by atoms with E-state index < -0.39 is 0 Å². The highest BCUT2D eigenvalue weighted by Gasteiger charge is 2.17. The maximum Gasteiger partial charge on any atom is 0.251 e. The lowest BCUT2D eigenvalue weighted by molar-refractivity contribution is 0.0679. The molecule has 0 radical (unpaired) electrons. The standard InChI is InChI=1S/C18H28N2O3/c1-13(2)9-15(11-19)20-18(21)14-5-3-6-16(10-14)23-12-17-7-4-8-22-17/h3,5-6,10,13,15,17H,4,7-9,11-12,19H2,1-2H3,(H,20,21). The van der Waals surface area contributed by atoms with Gasteiger partial charge in [-0.25, -0.2) is 0 Å². The molecule has 5 heteroatoms. The van der Waals surface area contributed by atoms with E-state index in [4.69, 9.17) is 15.2 Å². The first-order valence-corrected chi connectivity index (χ1v) is 8.44. The summed E-state index contributed by atoms with van der Waals surface area (Å²) in [6.07, 6.45) is 3.16. The van der Waals surface area contributed by atoms with Crippen molar-refractivity contribution in [1.82, 2.24) is 5.32 Å². The Hall–Kier alpha value is -1.59. The Balaban J connectivity index is 1.90. The van der Waals surface area contributed by atoms with Crippen LogP contribution in [0.25, 0.3) is 0 Å². The molecule has 1 saturated heterocycles. The van der Waals surface area contributed by atoms with Crippen LogP contribution in [0.5, 0.6) is 5.75 Å². The number of hydrogen-bond donors (Lipinski definition) is 2. The number of ether oxygens (including phenoxy) is 2. The lowest BCUT2D eigenvalue weighted by Gasteiger charge is -2.19. The minimum Gasteiger partial charge on any atom is -0.491 e. The molecule has 0 spiro atoms. The van der Waals surface area contributed by atoms with Gasteiger partial charge in [-0.2, -0.15) is 0 Å². The zero-order valence-corrected chi connectivity index (χ0v) is 14.1. The van der Waals surface area contributed by atoms with Gasteiger partial charge >= 0.3 is 0 Å². The summed E-state index contributed by atoms with van der Waals surface area (Å²) in [6.45, 7) is 6.03. The third-order valence-corrected chi connectivity index (χ3v) is 3.93. The van der Waals surface area contributed by atoms with Crippen LogP contribution in [-0.4, -0.2) is 37.8 Å². The molecule has 2 unspecified atom stereocenters. The number of nitrogens with one attached hydrogen (secondary N) is 1. The maximum absolute atomic E-state index is 12.4. The van der Waals surface area contributed by atoms with Crippen LogP contribution in [0.1, 0.15) is 43.5 Å². The van der Waals surface area contributed by atoms with E-state index in [0.29, 0.717) is 30.4 Å². The number of hydrogen-bond acceptors (Lipinski definition) is 4. The molecule has 5 nitrogen and oxygen atoms in total. The van der Waals surface area contributed by atoms with E-state index in [-0.39, 0.29) is 18.1 Å². The first-order chi connectivity index (χ1) is 11.1. The van der Waals surface area contributed by atoms with E-state index in [2.05, 4.69) is 19.2 Å². The fourth-order valence-corrected chi connectivity index (χ4v) is 2.74. The van der Waals surface area contributed by atoms with Gasteiger partial charge in [0.25, 0.3) is 5.91 Å². The summed E-state index contributed by atoms with van der Waals surface area (Å²) in [5.74, 6) is 1.08. The lowest BCUT2D eigenvalue weighted by atomic mass is 10.0. The molecule has 1 aliphatic rings. The highest BCUT2D eigenvalue weighted by molar-refractivity contribution is 5.94. The van der Waals surface area contributed by atoms with E-state index in [1.54, 1.807) is 12.1 Å². The van der Waals surface area contributed by atoms with E-state index in [0.717, 1.165) is 25.9 Å². The van der Waals surface area contributed by atoms with E-state index >= 15 is 0 Å². The Bertz CT molecular complexity index is 499. The summed E-state index contributed by atoms with van der Waals surface area (Å²) in [4.78, 5) is 12.4. The van der Waals surface area contributed by atoms with Crippen LogP contribution >= 0.6 is 0 Å². The highest BCUT2D eigenvalue weighted by Crippen LogP contribution is 2.17. The largest absolute Gasteiger partial charge is 0.491 e. The molecule has 0 aromatic heterocycles. The van der Waals surface area contributed by atoms with Crippen molar-refractivity contribution < 1.29 is 14.3 Å². The Labute approximate surface area is 138 Å². The van der Waals surface area contributed by atoms with E-state index in [9.17, 15) is 4.79 Å². The number of rotatable bonds is 8. The fraction of sp³-hybridized carbons (Fsp3) is 0.611. The molecule has 1 amide bonds. The van der Waals surface area contributed by atoms with E-state index in [1.165, 1.54) is 0 Å². The number of benzene rings is 1. The smallest absolute Gasteiger partial charge is 0.251 e. The molecule has 128 valence electrons. The van der Waals surface area contributed by atoms with Crippen LogP contribution in [0, 0.1) is 5.92 Å². The second kappa shape index (κ2) is 8.89. The molecule has 0 bridgehead atoms. The molecule has 2 atom stereocenters. The van der Waals surface area contributed by atoms with Crippen LogP contribution < -0.4 is 15.8 Å². The predicted molar refractivity (Wildman–Crippen MR) is 90.7 cm³/mol. The average Bonchev–Trinajstić information content (AvgIpc) is 3.05.